The number of unbranched alkanes of at least 4 members (excludes halogenated alkanes) is 3. The summed E-state index contributed by atoms with van der Waals surface area (Å²) < 4.78 is 7.96. The third kappa shape index (κ3) is 2.86. The van der Waals surface area contributed by atoms with Crippen molar-refractivity contribution in [3.8, 4) is 12.1 Å². The second kappa shape index (κ2) is 6.15. The number of benzene rings is 1. The zero-order chi connectivity index (χ0) is 14.7. The van der Waals surface area contributed by atoms with Gasteiger partial charge >= 0.3 is 0 Å². The topological polar surface area (TPSA) is 71.1 Å². The van der Waals surface area contributed by atoms with Crippen LogP contribution in [0.15, 0.2) is 18.2 Å². The largest absolute Gasteiger partial charge is 0.459 e. The molecule has 1 N–H and O–H groups in total. The van der Waals surface area contributed by atoms with E-state index in [1.54, 1.807) is 6.07 Å². The van der Waals surface area contributed by atoms with Gasteiger partial charge in [-0.3, -0.25) is 4.57 Å². The fourth-order valence-electron chi connectivity index (χ4n) is 2.81. The number of hydrogen-bond donors (Lipinski definition) is 1. The van der Waals surface area contributed by atoms with Crippen molar-refractivity contribution in [1.82, 2.24) is 9.55 Å². The van der Waals surface area contributed by atoms with Crippen molar-refractivity contribution in [3.05, 3.63) is 23.8 Å². The lowest BCUT2D eigenvalue weighted by molar-refractivity contribution is 0.208. The van der Waals surface area contributed by atoms with E-state index in [4.69, 9.17) is 15.1 Å². The van der Waals surface area contributed by atoms with Gasteiger partial charge in [0.15, 0.2) is 0 Å². The number of nitrogens with zero attached hydrogens (tertiary/aromatic N) is 3. The molecule has 2 aromatic rings. The van der Waals surface area contributed by atoms with Crippen LogP contribution in [0.25, 0.3) is 11.0 Å². The molecule has 0 aliphatic carbocycles. The molecule has 0 saturated heterocycles. The van der Waals surface area contributed by atoms with Crippen LogP contribution in [0, 0.1) is 11.3 Å². The lowest BCUT2D eigenvalue weighted by Gasteiger charge is -2.09. The molecule has 1 aliphatic heterocycles. The Labute approximate surface area is 123 Å². The molecule has 1 aromatic carbocycles. The maximum absolute atomic E-state index is 8.99. The zero-order valence-electron chi connectivity index (χ0n) is 12.0. The van der Waals surface area contributed by atoms with Gasteiger partial charge in [0, 0.05) is 6.61 Å². The third-order valence-electron chi connectivity index (χ3n) is 3.93. The summed E-state index contributed by atoms with van der Waals surface area (Å²) >= 11 is 0. The lowest BCUT2D eigenvalue weighted by Crippen LogP contribution is -2.14. The standard InChI is InChI=1S/C16H19N3O2/c17-10-12-6-7-14-15(9-12)19-11-13(21-16(19)18-14)5-3-1-2-4-8-20/h6-7,9,13,20H,1-5,8,11H2. The number of aliphatic hydroxyl groups is 1. The van der Waals surface area contributed by atoms with Crippen molar-refractivity contribution in [3.63, 3.8) is 0 Å². The molecule has 1 unspecified atom stereocenters. The van der Waals surface area contributed by atoms with E-state index in [1.165, 1.54) is 0 Å². The first-order chi connectivity index (χ1) is 10.3. The Morgan fingerprint density at radius 1 is 1.33 bits per heavy atom. The minimum Gasteiger partial charge on any atom is -0.459 e. The molecule has 0 spiro atoms. The smallest absolute Gasteiger partial charge is 0.297 e. The number of aliphatic hydroxyl groups excluding tert-OH is 1. The fraction of sp³-hybridized carbons (Fsp3) is 0.500. The van der Waals surface area contributed by atoms with Crippen LogP contribution < -0.4 is 4.74 Å². The highest BCUT2D eigenvalue weighted by molar-refractivity contribution is 5.78. The molecule has 1 aliphatic rings. The summed E-state index contributed by atoms with van der Waals surface area (Å²) in [5.74, 6) is 0. The number of hydrogen-bond acceptors (Lipinski definition) is 4. The van der Waals surface area contributed by atoms with Crippen molar-refractivity contribution < 1.29 is 9.84 Å². The minimum atomic E-state index is 0.178. The first-order valence-corrected chi connectivity index (χ1v) is 7.49. The zero-order valence-corrected chi connectivity index (χ0v) is 12.0. The van der Waals surface area contributed by atoms with Crippen molar-refractivity contribution in [2.75, 3.05) is 6.61 Å². The van der Waals surface area contributed by atoms with Crippen LogP contribution in [0.4, 0.5) is 0 Å². The van der Waals surface area contributed by atoms with Crippen LogP contribution in [0.3, 0.4) is 0 Å². The van der Waals surface area contributed by atoms with Gasteiger partial charge in [0.1, 0.15) is 6.10 Å². The fourth-order valence-corrected chi connectivity index (χ4v) is 2.81. The highest BCUT2D eigenvalue weighted by Crippen LogP contribution is 2.30. The van der Waals surface area contributed by atoms with Gasteiger partial charge < -0.3 is 9.84 Å². The van der Waals surface area contributed by atoms with E-state index < -0.39 is 0 Å². The molecular weight excluding hydrogens is 266 g/mol. The molecule has 110 valence electrons. The highest BCUT2D eigenvalue weighted by Gasteiger charge is 2.25. The predicted molar refractivity (Wildman–Crippen MR) is 79.0 cm³/mol. The maximum Gasteiger partial charge on any atom is 0.297 e. The molecule has 0 amide bonds. The van der Waals surface area contributed by atoms with Gasteiger partial charge in [-0.15, -0.1) is 0 Å². The molecular formula is C16H19N3O2. The molecule has 2 heterocycles. The van der Waals surface area contributed by atoms with Crippen molar-refractivity contribution in [1.29, 1.82) is 5.26 Å². The van der Waals surface area contributed by atoms with E-state index in [0.29, 0.717) is 11.6 Å². The van der Waals surface area contributed by atoms with Crippen LogP contribution in [-0.4, -0.2) is 27.4 Å². The summed E-state index contributed by atoms with van der Waals surface area (Å²) in [5.41, 5.74) is 2.51. The summed E-state index contributed by atoms with van der Waals surface area (Å²) in [6.45, 7) is 1.09. The first kappa shape index (κ1) is 13.9. The molecule has 0 bridgehead atoms. The van der Waals surface area contributed by atoms with Crippen LogP contribution >= 0.6 is 0 Å². The normalized spacial score (nSPS) is 16.7. The molecule has 1 atom stereocenters. The van der Waals surface area contributed by atoms with E-state index in [1.807, 2.05) is 12.1 Å². The monoisotopic (exact) mass is 285 g/mol. The van der Waals surface area contributed by atoms with E-state index >= 15 is 0 Å². The van der Waals surface area contributed by atoms with Crippen LogP contribution in [-0.2, 0) is 6.54 Å². The lowest BCUT2D eigenvalue weighted by atomic mass is 10.1. The summed E-state index contributed by atoms with van der Waals surface area (Å²) in [7, 11) is 0. The number of ether oxygens (including phenoxy) is 1. The van der Waals surface area contributed by atoms with Gasteiger partial charge in [-0.1, -0.05) is 12.8 Å². The van der Waals surface area contributed by atoms with Gasteiger partial charge in [-0.25, -0.2) is 0 Å². The SMILES string of the molecule is N#Cc1ccc2nc3n(c2c1)CC(CCCCCCO)O3. The molecule has 1 aromatic heterocycles. The Balaban J connectivity index is 1.63. The number of rotatable bonds is 6. The molecule has 0 radical (unpaired) electrons. The Morgan fingerprint density at radius 3 is 3.00 bits per heavy atom. The third-order valence-corrected chi connectivity index (χ3v) is 3.93. The number of nitriles is 1. The average molecular weight is 285 g/mol. The van der Waals surface area contributed by atoms with Crippen LogP contribution in [0.1, 0.15) is 37.7 Å². The molecule has 5 heteroatoms. The summed E-state index contributed by atoms with van der Waals surface area (Å²) in [4.78, 5) is 4.47. The number of fused-ring (bicyclic) bond motifs is 3. The highest BCUT2D eigenvalue weighted by atomic mass is 16.5. The quantitative estimate of drug-likeness (QED) is 0.828. The van der Waals surface area contributed by atoms with Crippen molar-refractivity contribution in [2.45, 2.75) is 44.8 Å². The first-order valence-electron chi connectivity index (χ1n) is 7.49. The van der Waals surface area contributed by atoms with Gasteiger partial charge in [-0.05, 0) is 37.5 Å². The molecule has 21 heavy (non-hydrogen) atoms. The Hall–Kier alpha value is -2.06. The van der Waals surface area contributed by atoms with Crippen molar-refractivity contribution in [2.24, 2.45) is 0 Å². The average Bonchev–Trinajstić information content (AvgIpc) is 3.03. The molecule has 0 saturated carbocycles. The van der Waals surface area contributed by atoms with Gasteiger partial charge in [0.05, 0.1) is 29.2 Å². The van der Waals surface area contributed by atoms with Gasteiger partial charge in [0.2, 0.25) is 0 Å². The Morgan fingerprint density at radius 2 is 2.19 bits per heavy atom. The maximum atomic E-state index is 8.99. The van der Waals surface area contributed by atoms with E-state index in [-0.39, 0.29) is 12.7 Å². The predicted octanol–water partition coefficient (Wildman–Crippen LogP) is 2.61. The van der Waals surface area contributed by atoms with Gasteiger partial charge in [-0.2, -0.15) is 10.2 Å². The van der Waals surface area contributed by atoms with E-state index in [2.05, 4.69) is 15.6 Å². The Bertz CT molecular complexity index is 672. The van der Waals surface area contributed by atoms with E-state index in [0.717, 1.165) is 49.7 Å². The van der Waals surface area contributed by atoms with Crippen molar-refractivity contribution >= 4 is 11.0 Å². The second-order valence-electron chi connectivity index (χ2n) is 5.49. The summed E-state index contributed by atoms with van der Waals surface area (Å²) in [5, 5.41) is 17.7. The number of imidazole rings is 1. The number of aromatic nitrogens is 2. The van der Waals surface area contributed by atoms with Crippen LogP contribution in [0.5, 0.6) is 6.01 Å². The van der Waals surface area contributed by atoms with E-state index in [9.17, 15) is 0 Å². The molecule has 3 rings (SSSR count). The Kier molecular flexibility index (Phi) is 4.07. The summed E-state index contributed by atoms with van der Waals surface area (Å²) in [6.07, 6.45) is 5.38. The molecule has 0 fully saturated rings. The second-order valence-corrected chi connectivity index (χ2v) is 5.49. The van der Waals surface area contributed by atoms with Crippen LogP contribution in [0.2, 0.25) is 0 Å². The summed E-state index contributed by atoms with van der Waals surface area (Å²) in [6, 6.07) is 8.35. The van der Waals surface area contributed by atoms with Gasteiger partial charge in [0.25, 0.3) is 6.01 Å². The molecule has 5 nitrogen and oxygen atoms in total. The minimum absolute atomic E-state index is 0.178.